The molecule has 1 N–H and O–H groups in total. The number of benzene rings is 1. The molecule has 1 aromatic heterocycles. The van der Waals surface area contributed by atoms with Gasteiger partial charge < -0.3 is 4.90 Å². The van der Waals surface area contributed by atoms with Crippen LogP contribution < -0.4 is 9.62 Å². The number of anilines is 1. The highest BCUT2D eigenvalue weighted by Gasteiger charge is 2.29. The fourth-order valence-corrected chi connectivity index (χ4v) is 6.61. The van der Waals surface area contributed by atoms with E-state index in [0.29, 0.717) is 12.2 Å². The lowest BCUT2D eigenvalue weighted by atomic mass is 10.0. The van der Waals surface area contributed by atoms with Gasteiger partial charge in [0, 0.05) is 28.5 Å². The van der Waals surface area contributed by atoms with Gasteiger partial charge in [0.25, 0.3) is 0 Å². The second-order valence-electron chi connectivity index (χ2n) is 7.05. The molecule has 1 aromatic carbocycles. The van der Waals surface area contributed by atoms with Gasteiger partial charge in [-0.2, -0.15) is 0 Å². The number of hydrogen-bond acceptors (Lipinski definition) is 5. The molecular formula is C19H24N2O3S3. The van der Waals surface area contributed by atoms with Gasteiger partial charge in [-0.15, -0.1) is 23.1 Å². The third-order valence-electron chi connectivity index (χ3n) is 4.48. The van der Waals surface area contributed by atoms with Crippen LogP contribution >= 0.6 is 23.1 Å². The first-order chi connectivity index (χ1) is 12.7. The zero-order valence-corrected chi connectivity index (χ0v) is 18.2. The normalized spacial score (nSPS) is 18.4. The first-order valence-electron chi connectivity index (χ1n) is 8.83. The Morgan fingerprint density at radius 3 is 2.63 bits per heavy atom. The molecule has 0 saturated carbocycles. The van der Waals surface area contributed by atoms with Crippen LogP contribution in [0.3, 0.4) is 0 Å². The summed E-state index contributed by atoms with van der Waals surface area (Å²) in [5.74, 6) is 0.0331. The molecule has 0 radical (unpaired) electrons. The fraction of sp³-hybridized carbons (Fsp3) is 0.421. The van der Waals surface area contributed by atoms with Gasteiger partial charge >= 0.3 is 0 Å². The molecule has 0 unspecified atom stereocenters. The van der Waals surface area contributed by atoms with E-state index in [9.17, 15) is 13.2 Å². The van der Waals surface area contributed by atoms with Gasteiger partial charge in [0.15, 0.2) is 0 Å². The van der Waals surface area contributed by atoms with Crippen molar-refractivity contribution in [2.24, 2.45) is 5.92 Å². The molecule has 5 nitrogen and oxygen atoms in total. The van der Waals surface area contributed by atoms with Crippen molar-refractivity contribution >= 4 is 44.7 Å². The monoisotopic (exact) mass is 424 g/mol. The minimum atomic E-state index is -3.72. The summed E-state index contributed by atoms with van der Waals surface area (Å²) < 4.78 is 28.9. The highest BCUT2D eigenvalue weighted by atomic mass is 32.2. The van der Waals surface area contributed by atoms with Gasteiger partial charge in [0.1, 0.15) is 0 Å². The molecule has 0 spiro atoms. The summed E-state index contributed by atoms with van der Waals surface area (Å²) in [6.07, 6.45) is 0. The smallest absolute Gasteiger partial charge is 0.241 e. The van der Waals surface area contributed by atoms with Crippen molar-refractivity contribution in [3.63, 3.8) is 0 Å². The lowest BCUT2D eigenvalue weighted by Gasteiger charge is -2.32. The third kappa shape index (κ3) is 4.39. The Hall–Kier alpha value is -1.35. The number of nitrogens with one attached hydrogen (secondary N) is 1. The minimum Gasteiger partial charge on any atom is -0.310 e. The largest absolute Gasteiger partial charge is 0.310 e. The molecule has 0 fully saturated rings. The van der Waals surface area contributed by atoms with Crippen molar-refractivity contribution in [1.29, 1.82) is 0 Å². The number of amides is 1. The Kier molecular flexibility index (Phi) is 6.00. The van der Waals surface area contributed by atoms with E-state index in [0.717, 1.165) is 9.77 Å². The molecule has 8 heteroatoms. The summed E-state index contributed by atoms with van der Waals surface area (Å²) in [6, 6.07) is 8.62. The summed E-state index contributed by atoms with van der Waals surface area (Å²) in [7, 11) is -3.72. The molecule has 1 amide bonds. The Morgan fingerprint density at radius 2 is 2.04 bits per heavy atom. The topological polar surface area (TPSA) is 66.5 Å². The molecule has 2 atom stereocenters. The number of carbonyl (C=O) groups excluding carboxylic acids is 1. The Morgan fingerprint density at radius 1 is 1.30 bits per heavy atom. The van der Waals surface area contributed by atoms with Crippen molar-refractivity contribution in [3.8, 4) is 0 Å². The summed E-state index contributed by atoms with van der Waals surface area (Å²) in [6.45, 7) is 8.14. The van der Waals surface area contributed by atoms with Crippen LogP contribution in [0.5, 0.6) is 0 Å². The van der Waals surface area contributed by atoms with E-state index >= 15 is 0 Å². The zero-order valence-electron chi connectivity index (χ0n) is 15.8. The van der Waals surface area contributed by atoms with E-state index in [1.165, 1.54) is 18.3 Å². The maximum atomic E-state index is 13.1. The summed E-state index contributed by atoms with van der Waals surface area (Å²) >= 11 is 3.20. The van der Waals surface area contributed by atoms with E-state index < -0.39 is 10.0 Å². The molecular weight excluding hydrogens is 400 g/mol. The molecule has 2 heterocycles. The number of thioether (sulfide) groups is 1. The van der Waals surface area contributed by atoms with Crippen LogP contribution in [-0.2, 0) is 14.8 Å². The molecule has 0 aliphatic carbocycles. The second-order valence-corrected chi connectivity index (χ2v) is 11.2. The first kappa shape index (κ1) is 20.4. The van der Waals surface area contributed by atoms with Crippen molar-refractivity contribution in [2.75, 3.05) is 11.4 Å². The van der Waals surface area contributed by atoms with E-state index in [4.69, 9.17) is 0 Å². The van der Waals surface area contributed by atoms with Crippen LogP contribution in [0.15, 0.2) is 45.5 Å². The Labute approximate surface area is 169 Å². The summed E-state index contributed by atoms with van der Waals surface area (Å²) in [5, 5.41) is 2.22. The standard InChI is InChI=1S/C19H24N2O3S3/c1-12(2)19(18-6-5-9-25-18)20-27(23,24)15-7-8-17-16(10-15)21(14(4)22)11-13(3)26-17/h5-10,12-13,19-20H,11H2,1-4H3/t13-,19-/m1/s1. The fourth-order valence-electron chi connectivity index (χ4n) is 3.11. The number of thiophene rings is 1. The number of nitrogens with zero attached hydrogens (tertiary/aromatic N) is 1. The van der Waals surface area contributed by atoms with Crippen LogP contribution in [-0.4, -0.2) is 26.1 Å². The predicted octanol–water partition coefficient (Wildman–Crippen LogP) is 4.27. The van der Waals surface area contributed by atoms with Crippen molar-refractivity contribution in [3.05, 3.63) is 40.6 Å². The first-order valence-corrected chi connectivity index (χ1v) is 12.1. The predicted molar refractivity (Wildman–Crippen MR) is 112 cm³/mol. The molecule has 2 aromatic rings. The van der Waals surface area contributed by atoms with Crippen LogP contribution in [0.1, 0.15) is 38.6 Å². The van der Waals surface area contributed by atoms with Crippen LogP contribution in [0, 0.1) is 5.92 Å². The molecule has 1 aliphatic heterocycles. The zero-order chi connectivity index (χ0) is 19.8. The van der Waals surface area contributed by atoms with Crippen LogP contribution in [0.4, 0.5) is 5.69 Å². The number of hydrogen-bond donors (Lipinski definition) is 1. The number of fused-ring (bicyclic) bond motifs is 1. The van der Waals surface area contributed by atoms with E-state index in [2.05, 4.69) is 11.6 Å². The van der Waals surface area contributed by atoms with Gasteiger partial charge in [-0.1, -0.05) is 26.8 Å². The molecule has 0 bridgehead atoms. The van der Waals surface area contributed by atoms with Gasteiger partial charge in [0.2, 0.25) is 15.9 Å². The Balaban J connectivity index is 1.96. The quantitative estimate of drug-likeness (QED) is 0.778. The summed E-state index contributed by atoms with van der Waals surface area (Å²) in [5.41, 5.74) is 0.672. The second kappa shape index (κ2) is 7.95. The van der Waals surface area contributed by atoms with Crippen molar-refractivity contribution < 1.29 is 13.2 Å². The van der Waals surface area contributed by atoms with Crippen molar-refractivity contribution in [1.82, 2.24) is 4.72 Å². The third-order valence-corrected chi connectivity index (χ3v) is 8.02. The molecule has 27 heavy (non-hydrogen) atoms. The molecule has 146 valence electrons. The van der Waals surface area contributed by atoms with E-state index in [-0.39, 0.29) is 28.0 Å². The molecule has 3 rings (SSSR count). The lowest BCUT2D eigenvalue weighted by Crippen LogP contribution is -2.37. The number of rotatable bonds is 5. The molecule has 0 saturated heterocycles. The van der Waals surface area contributed by atoms with Gasteiger partial charge in [-0.05, 0) is 35.6 Å². The number of carbonyl (C=O) groups is 1. The van der Waals surface area contributed by atoms with Gasteiger partial charge in [-0.3, -0.25) is 4.79 Å². The average Bonchev–Trinajstić information content (AvgIpc) is 3.12. The SMILES string of the molecule is CC(=O)N1C[C@@H](C)Sc2ccc(S(=O)(=O)N[C@@H](c3cccs3)C(C)C)cc21. The van der Waals surface area contributed by atoms with E-state index in [1.807, 2.05) is 31.4 Å². The van der Waals surface area contributed by atoms with Crippen LogP contribution in [0.2, 0.25) is 0 Å². The van der Waals surface area contributed by atoms with Gasteiger partial charge in [0.05, 0.1) is 16.6 Å². The highest BCUT2D eigenvalue weighted by molar-refractivity contribution is 8.00. The number of sulfonamides is 1. The highest BCUT2D eigenvalue weighted by Crippen LogP contribution is 2.40. The van der Waals surface area contributed by atoms with Gasteiger partial charge in [-0.25, -0.2) is 13.1 Å². The minimum absolute atomic E-state index is 0.0791. The van der Waals surface area contributed by atoms with Crippen molar-refractivity contribution in [2.45, 2.75) is 48.8 Å². The van der Waals surface area contributed by atoms with E-state index in [1.54, 1.807) is 34.9 Å². The summed E-state index contributed by atoms with van der Waals surface area (Å²) in [4.78, 5) is 15.8. The van der Waals surface area contributed by atoms with Crippen LogP contribution in [0.25, 0.3) is 0 Å². The molecule has 1 aliphatic rings. The Bertz CT molecular complexity index is 924. The maximum Gasteiger partial charge on any atom is 0.241 e. The average molecular weight is 425 g/mol. The lowest BCUT2D eigenvalue weighted by molar-refractivity contribution is -0.116. The maximum absolute atomic E-state index is 13.1.